The minimum Gasteiger partial charge on any atom is -0.482 e. The van der Waals surface area contributed by atoms with E-state index in [1.165, 1.54) is 0 Å². The quantitative estimate of drug-likeness (QED) is 0.523. The van der Waals surface area contributed by atoms with Crippen LogP contribution in [-0.4, -0.2) is 49.0 Å². The van der Waals surface area contributed by atoms with Gasteiger partial charge in [-0.05, 0) is 67.0 Å². The third-order valence-corrected chi connectivity index (χ3v) is 7.41. The Hall–Kier alpha value is -3.35. The van der Waals surface area contributed by atoms with E-state index >= 15 is 0 Å². The van der Waals surface area contributed by atoms with E-state index < -0.39 is 0 Å². The molecule has 2 aliphatic rings. The summed E-state index contributed by atoms with van der Waals surface area (Å²) in [5, 5.41) is 0. The molecule has 1 unspecified atom stereocenters. The molecule has 0 saturated carbocycles. The topological polar surface area (TPSA) is 76.2 Å². The van der Waals surface area contributed by atoms with Gasteiger partial charge in [-0.15, -0.1) is 0 Å². The fourth-order valence-corrected chi connectivity index (χ4v) is 4.78. The van der Waals surface area contributed by atoms with Crippen LogP contribution in [-0.2, 0) is 26.3 Å². The molecule has 1 saturated heterocycles. The fraction of sp³-hybridized carbons (Fsp3) is 0.483. The van der Waals surface area contributed by atoms with Gasteiger partial charge in [0.05, 0.1) is 24.8 Å². The predicted octanol–water partition coefficient (Wildman–Crippen LogP) is 4.72. The Labute approximate surface area is 213 Å². The summed E-state index contributed by atoms with van der Waals surface area (Å²) >= 11 is 0. The van der Waals surface area contributed by atoms with Crippen LogP contribution in [0.25, 0.3) is 0 Å². The summed E-state index contributed by atoms with van der Waals surface area (Å²) in [5.41, 5.74) is 3.30. The number of amides is 2. The zero-order valence-electron chi connectivity index (χ0n) is 21.7. The largest absolute Gasteiger partial charge is 0.482 e. The van der Waals surface area contributed by atoms with Gasteiger partial charge in [-0.25, -0.2) is 0 Å². The normalized spacial score (nSPS) is 17.9. The second-order valence-corrected chi connectivity index (χ2v) is 10.2. The lowest BCUT2D eigenvalue weighted by atomic mass is 9.82. The second-order valence-electron chi connectivity index (χ2n) is 10.2. The molecule has 1 fully saturated rings. The number of anilines is 1. The summed E-state index contributed by atoms with van der Waals surface area (Å²) in [7, 11) is 0. The molecule has 7 heteroatoms. The second kappa shape index (κ2) is 10.7. The Bertz CT molecular complexity index is 1140. The number of carbonyl (C=O) groups is 3. The molecular formula is C29H36N2O5. The summed E-state index contributed by atoms with van der Waals surface area (Å²) in [6, 6.07) is 13.5. The van der Waals surface area contributed by atoms with E-state index in [1.807, 2.05) is 30.3 Å². The maximum Gasteiger partial charge on any atom is 0.310 e. The Morgan fingerprint density at radius 1 is 1.14 bits per heavy atom. The summed E-state index contributed by atoms with van der Waals surface area (Å²) in [6.45, 7) is 9.98. The maximum atomic E-state index is 13.3. The van der Waals surface area contributed by atoms with Crippen LogP contribution in [0.5, 0.6) is 5.75 Å². The van der Waals surface area contributed by atoms with E-state index in [0.29, 0.717) is 37.6 Å². The number of piperidine rings is 1. The van der Waals surface area contributed by atoms with Crippen molar-refractivity contribution in [3.8, 4) is 5.75 Å². The van der Waals surface area contributed by atoms with Gasteiger partial charge < -0.3 is 19.3 Å². The maximum absolute atomic E-state index is 13.3. The van der Waals surface area contributed by atoms with Crippen LogP contribution >= 0.6 is 0 Å². The molecule has 0 spiro atoms. The number of fused-ring (bicyclic) bond motifs is 1. The summed E-state index contributed by atoms with van der Waals surface area (Å²) in [5.74, 6) is -0.0462. The monoisotopic (exact) mass is 492 g/mol. The van der Waals surface area contributed by atoms with Crippen molar-refractivity contribution in [2.24, 2.45) is 5.92 Å². The lowest BCUT2D eigenvalue weighted by molar-refractivity contribution is -0.149. The van der Waals surface area contributed by atoms with Crippen LogP contribution in [0.15, 0.2) is 42.5 Å². The summed E-state index contributed by atoms with van der Waals surface area (Å²) in [6.07, 6.45) is 2.47. The molecule has 2 aliphatic heterocycles. The average molecular weight is 493 g/mol. The van der Waals surface area contributed by atoms with Crippen LogP contribution < -0.4 is 9.64 Å². The number of nitrogens with zero attached hydrogens (tertiary/aromatic N) is 2. The number of hydrogen-bond donors (Lipinski definition) is 0. The van der Waals surface area contributed by atoms with Crippen molar-refractivity contribution >= 4 is 23.5 Å². The fourth-order valence-electron chi connectivity index (χ4n) is 4.78. The van der Waals surface area contributed by atoms with Crippen molar-refractivity contribution in [2.45, 2.75) is 58.9 Å². The van der Waals surface area contributed by atoms with E-state index in [-0.39, 0.29) is 35.7 Å². The van der Waals surface area contributed by atoms with Crippen molar-refractivity contribution in [2.75, 3.05) is 31.2 Å². The van der Waals surface area contributed by atoms with Gasteiger partial charge in [-0.1, -0.05) is 39.0 Å². The molecule has 2 aromatic carbocycles. The van der Waals surface area contributed by atoms with Crippen molar-refractivity contribution in [3.63, 3.8) is 0 Å². The van der Waals surface area contributed by atoms with Crippen molar-refractivity contribution in [1.29, 1.82) is 0 Å². The molecule has 0 N–H and O–H groups in total. The molecule has 0 radical (unpaired) electrons. The molecule has 36 heavy (non-hydrogen) atoms. The van der Waals surface area contributed by atoms with E-state index in [9.17, 15) is 14.4 Å². The van der Waals surface area contributed by atoms with Gasteiger partial charge in [0.1, 0.15) is 5.75 Å². The van der Waals surface area contributed by atoms with Gasteiger partial charge in [0.25, 0.3) is 11.8 Å². The molecule has 0 aliphatic carbocycles. The minimum absolute atomic E-state index is 0.00877. The van der Waals surface area contributed by atoms with Crippen LogP contribution in [0, 0.1) is 5.92 Å². The minimum atomic E-state index is -0.283. The first-order valence-corrected chi connectivity index (χ1v) is 12.9. The highest BCUT2D eigenvalue weighted by Gasteiger charge is 2.31. The first-order valence-electron chi connectivity index (χ1n) is 12.9. The zero-order valence-corrected chi connectivity index (χ0v) is 21.7. The van der Waals surface area contributed by atoms with Gasteiger partial charge in [0.2, 0.25) is 0 Å². The van der Waals surface area contributed by atoms with E-state index in [4.69, 9.17) is 9.47 Å². The zero-order chi connectivity index (χ0) is 25.9. The Morgan fingerprint density at radius 2 is 1.94 bits per heavy atom. The van der Waals surface area contributed by atoms with E-state index in [1.54, 1.807) is 22.8 Å². The molecule has 1 atom stereocenters. The molecule has 0 aromatic heterocycles. The van der Waals surface area contributed by atoms with Crippen molar-refractivity contribution in [1.82, 2.24) is 4.90 Å². The molecule has 2 aromatic rings. The Kier molecular flexibility index (Phi) is 7.67. The van der Waals surface area contributed by atoms with Gasteiger partial charge in [0.15, 0.2) is 6.61 Å². The number of ether oxygens (including phenoxy) is 2. The highest BCUT2D eigenvalue weighted by molar-refractivity contribution is 5.98. The molecule has 192 valence electrons. The predicted molar refractivity (Wildman–Crippen MR) is 138 cm³/mol. The number of carbonyl (C=O) groups excluding carboxylic acids is 3. The Morgan fingerprint density at radius 3 is 2.69 bits per heavy atom. The average Bonchev–Trinajstić information content (AvgIpc) is 2.90. The summed E-state index contributed by atoms with van der Waals surface area (Å²) in [4.78, 5) is 41.9. The summed E-state index contributed by atoms with van der Waals surface area (Å²) < 4.78 is 10.9. The lowest BCUT2D eigenvalue weighted by Crippen LogP contribution is -2.43. The molecular weight excluding hydrogens is 456 g/mol. The van der Waals surface area contributed by atoms with Crippen molar-refractivity contribution in [3.05, 3.63) is 59.2 Å². The van der Waals surface area contributed by atoms with E-state index in [2.05, 4.69) is 26.8 Å². The third-order valence-electron chi connectivity index (χ3n) is 7.41. The number of hydrogen-bond acceptors (Lipinski definition) is 5. The lowest BCUT2D eigenvalue weighted by Gasteiger charge is -2.33. The van der Waals surface area contributed by atoms with E-state index in [0.717, 1.165) is 36.1 Å². The molecule has 2 amide bonds. The first kappa shape index (κ1) is 25.7. The molecule has 7 nitrogen and oxygen atoms in total. The van der Waals surface area contributed by atoms with Gasteiger partial charge in [0, 0.05) is 18.7 Å². The molecule has 0 bridgehead atoms. The number of esters is 1. The highest BCUT2D eigenvalue weighted by atomic mass is 16.5. The highest BCUT2D eigenvalue weighted by Crippen LogP contribution is 2.38. The SMILES string of the molecule is CCOC(=O)C1CCCN(C(=O)c2cccc(CN3C(=O)COc4ccc(C(C)(C)CC)cc43)c2)C1. The van der Waals surface area contributed by atoms with Crippen molar-refractivity contribution < 1.29 is 23.9 Å². The van der Waals surface area contributed by atoms with Gasteiger partial charge in [-0.3, -0.25) is 14.4 Å². The number of benzene rings is 2. The Balaban J connectivity index is 1.54. The molecule has 2 heterocycles. The number of rotatable bonds is 7. The molecule has 4 rings (SSSR count). The van der Waals surface area contributed by atoms with Crippen LogP contribution in [0.3, 0.4) is 0 Å². The third kappa shape index (κ3) is 5.40. The first-order chi connectivity index (χ1) is 17.2. The van der Waals surface area contributed by atoms with Gasteiger partial charge in [-0.2, -0.15) is 0 Å². The number of likely N-dealkylation sites (tertiary alicyclic amines) is 1. The standard InChI is InChI=1S/C29H36N2O5/c1-5-29(3,4)23-12-13-25-24(16-23)31(26(32)19-36-25)17-20-9-7-10-21(15-20)27(33)30-14-8-11-22(18-30)28(34)35-6-2/h7,9-10,12-13,15-16,22H,5-6,8,11,14,17-19H2,1-4H3. The smallest absolute Gasteiger partial charge is 0.310 e. The van der Waals surface area contributed by atoms with Gasteiger partial charge >= 0.3 is 5.97 Å². The van der Waals surface area contributed by atoms with Crippen LogP contribution in [0.4, 0.5) is 5.69 Å². The van der Waals surface area contributed by atoms with Crippen LogP contribution in [0.2, 0.25) is 0 Å². The van der Waals surface area contributed by atoms with Crippen LogP contribution in [0.1, 0.15) is 68.4 Å².